The largest absolute Gasteiger partial charge is 0.505 e. The maximum absolute atomic E-state index is 11.8. The highest BCUT2D eigenvalue weighted by molar-refractivity contribution is 6.40. The zero-order chi connectivity index (χ0) is 18.4. The van der Waals surface area contributed by atoms with Crippen LogP contribution in [0.15, 0.2) is 41.5 Å². The topological polar surface area (TPSA) is 100 Å². The third-order valence-electron chi connectivity index (χ3n) is 2.98. The van der Waals surface area contributed by atoms with E-state index in [0.29, 0.717) is 17.0 Å². The van der Waals surface area contributed by atoms with Gasteiger partial charge in [0.15, 0.2) is 5.75 Å². The van der Waals surface area contributed by atoms with Crippen LogP contribution in [0.1, 0.15) is 5.56 Å². The monoisotopic (exact) mass is 381 g/mol. The molecule has 0 aliphatic carbocycles. The highest BCUT2D eigenvalue weighted by Gasteiger charge is 2.15. The average Bonchev–Trinajstić information content (AvgIpc) is 2.59. The van der Waals surface area contributed by atoms with Gasteiger partial charge in [-0.15, -0.1) is 0 Å². The molecule has 0 aliphatic heterocycles. The predicted molar refractivity (Wildman–Crippen MR) is 95.5 cm³/mol. The summed E-state index contributed by atoms with van der Waals surface area (Å²) >= 11 is 11.5. The van der Waals surface area contributed by atoms with Crippen LogP contribution in [0.4, 0.5) is 5.69 Å². The lowest BCUT2D eigenvalue weighted by molar-refractivity contribution is -0.136. The first kappa shape index (κ1) is 18.6. The number of hydrogen-bond acceptors (Lipinski definition) is 5. The van der Waals surface area contributed by atoms with Crippen molar-refractivity contribution in [3.8, 4) is 11.5 Å². The zero-order valence-electron chi connectivity index (χ0n) is 12.9. The lowest BCUT2D eigenvalue weighted by atomic mass is 10.2. The number of benzene rings is 2. The van der Waals surface area contributed by atoms with Crippen molar-refractivity contribution in [3.05, 3.63) is 52.0 Å². The number of nitrogens with one attached hydrogen (secondary N) is 2. The third kappa shape index (κ3) is 4.85. The number of methoxy groups -OCH3 is 1. The van der Waals surface area contributed by atoms with Crippen LogP contribution in [-0.2, 0) is 9.59 Å². The van der Waals surface area contributed by atoms with Crippen LogP contribution in [-0.4, -0.2) is 30.2 Å². The van der Waals surface area contributed by atoms with Gasteiger partial charge < -0.3 is 15.2 Å². The van der Waals surface area contributed by atoms with Gasteiger partial charge >= 0.3 is 11.8 Å². The molecule has 0 spiro atoms. The highest BCUT2D eigenvalue weighted by atomic mass is 35.5. The molecule has 0 heterocycles. The highest BCUT2D eigenvalue weighted by Crippen LogP contribution is 2.32. The van der Waals surface area contributed by atoms with Crippen LogP contribution >= 0.6 is 23.2 Å². The van der Waals surface area contributed by atoms with Crippen molar-refractivity contribution in [2.24, 2.45) is 5.10 Å². The molecule has 9 heteroatoms. The molecule has 2 amide bonds. The fourth-order valence-corrected chi connectivity index (χ4v) is 2.31. The smallest absolute Gasteiger partial charge is 0.329 e. The van der Waals surface area contributed by atoms with E-state index in [0.717, 1.165) is 0 Å². The molecule has 0 aliphatic rings. The molecule has 0 saturated heterocycles. The molecule has 0 fully saturated rings. The van der Waals surface area contributed by atoms with Crippen LogP contribution in [0, 0.1) is 0 Å². The van der Waals surface area contributed by atoms with Crippen LogP contribution in [0.2, 0.25) is 10.0 Å². The summed E-state index contributed by atoms with van der Waals surface area (Å²) in [4.78, 5) is 23.6. The predicted octanol–water partition coefficient (Wildman–Crippen LogP) is 2.80. The number of phenols is 1. The molecule has 2 aromatic rings. The second-order valence-electron chi connectivity index (χ2n) is 4.69. The van der Waals surface area contributed by atoms with Crippen molar-refractivity contribution in [1.82, 2.24) is 5.43 Å². The number of para-hydroxylation sites is 2. The number of ether oxygens (including phenoxy) is 1. The van der Waals surface area contributed by atoms with Crippen molar-refractivity contribution in [3.63, 3.8) is 0 Å². The Morgan fingerprint density at radius 2 is 1.80 bits per heavy atom. The Morgan fingerprint density at radius 1 is 1.16 bits per heavy atom. The number of rotatable bonds is 4. The maximum Gasteiger partial charge on any atom is 0.329 e. The molecule has 0 atom stereocenters. The molecule has 0 bridgehead atoms. The number of carbonyl (C=O) groups excluding carboxylic acids is 2. The first-order valence-electron chi connectivity index (χ1n) is 6.87. The van der Waals surface area contributed by atoms with Gasteiger partial charge in [0.2, 0.25) is 0 Å². The Balaban J connectivity index is 1.99. The normalized spacial score (nSPS) is 10.5. The first-order chi connectivity index (χ1) is 11.9. The van der Waals surface area contributed by atoms with Gasteiger partial charge in [-0.05, 0) is 29.8 Å². The van der Waals surface area contributed by atoms with E-state index in [4.69, 9.17) is 27.9 Å². The van der Waals surface area contributed by atoms with E-state index in [1.165, 1.54) is 25.5 Å². The van der Waals surface area contributed by atoms with Crippen molar-refractivity contribution < 1.29 is 19.4 Å². The number of anilines is 1. The molecule has 0 unspecified atom stereocenters. The summed E-state index contributed by atoms with van der Waals surface area (Å²) < 4.78 is 5.08. The minimum Gasteiger partial charge on any atom is -0.505 e. The van der Waals surface area contributed by atoms with Crippen molar-refractivity contribution in [2.45, 2.75) is 0 Å². The van der Waals surface area contributed by atoms with Gasteiger partial charge in [0.25, 0.3) is 0 Å². The van der Waals surface area contributed by atoms with Crippen LogP contribution in [0.5, 0.6) is 11.5 Å². The summed E-state index contributed by atoms with van der Waals surface area (Å²) in [6, 6.07) is 9.44. The van der Waals surface area contributed by atoms with Crippen molar-refractivity contribution in [1.29, 1.82) is 0 Å². The van der Waals surface area contributed by atoms with Gasteiger partial charge in [-0.3, -0.25) is 9.59 Å². The Hall–Kier alpha value is -2.77. The molecule has 3 N–H and O–H groups in total. The van der Waals surface area contributed by atoms with Crippen LogP contribution in [0.3, 0.4) is 0 Å². The van der Waals surface area contributed by atoms with Gasteiger partial charge in [0.1, 0.15) is 5.75 Å². The summed E-state index contributed by atoms with van der Waals surface area (Å²) in [7, 11) is 1.45. The third-order valence-corrected chi connectivity index (χ3v) is 3.56. The number of halogens is 2. The van der Waals surface area contributed by atoms with Crippen molar-refractivity contribution in [2.75, 3.05) is 12.4 Å². The minimum absolute atomic E-state index is 0.0363. The minimum atomic E-state index is -0.974. The first-order valence-corrected chi connectivity index (χ1v) is 7.63. The molecule has 7 nitrogen and oxygen atoms in total. The van der Waals surface area contributed by atoms with E-state index in [2.05, 4.69) is 15.8 Å². The Bertz CT molecular complexity index is 817. The standard InChI is InChI=1S/C16H13Cl2N3O4/c1-25-13-5-3-2-4-12(13)20-15(23)16(24)21-19-8-9-6-10(17)14(22)11(18)7-9/h2-8,22H,1H3,(H,20,23)(H,21,24)/b19-8+. The molecule has 0 saturated carbocycles. The van der Waals surface area contributed by atoms with E-state index < -0.39 is 11.8 Å². The summed E-state index contributed by atoms with van der Waals surface area (Å²) in [6.07, 6.45) is 1.23. The van der Waals surface area contributed by atoms with Crippen molar-refractivity contribution >= 4 is 46.9 Å². The number of amides is 2. The summed E-state index contributed by atoms with van der Waals surface area (Å²) in [5, 5.41) is 15.6. The SMILES string of the molecule is COc1ccccc1NC(=O)C(=O)N/N=C/c1cc(Cl)c(O)c(Cl)c1. The fourth-order valence-electron chi connectivity index (χ4n) is 1.80. The number of hydrogen-bond donors (Lipinski definition) is 3. The second kappa shape index (κ2) is 8.36. The van der Waals surface area contributed by atoms with Gasteiger partial charge in [-0.25, -0.2) is 5.43 Å². The molecule has 2 rings (SSSR count). The second-order valence-corrected chi connectivity index (χ2v) is 5.50. The molecule has 130 valence electrons. The summed E-state index contributed by atoms with van der Waals surface area (Å²) in [5.41, 5.74) is 2.85. The zero-order valence-corrected chi connectivity index (χ0v) is 14.4. The quantitative estimate of drug-likeness (QED) is 0.430. The lowest BCUT2D eigenvalue weighted by Gasteiger charge is -2.08. The van der Waals surface area contributed by atoms with E-state index in [1.807, 2.05) is 0 Å². The Labute approximate surface area is 153 Å². The fraction of sp³-hybridized carbons (Fsp3) is 0.0625. The Kier molecular flexibility index (Phi) is 6.21. The number of phenolic OH excluding ortho intramolecular Hbond substituents is 1. The van der Waals surface area contributed by atoms with Gasteiger partial charge in [-0.2, -0.15) is 5.10 Å². The van der Waals surface area contributed by atoms with Crippen LogP contribution < -0.4 is 15.5 Å². The molecule has 0 radical (unpaired) electrons. The molecule has 2 aromatic carbocycles. The number of aromatic hydroxyl groups is 1. The van der Waals surface area contributed by atoms with Crippen LogP contribution in [0.25, 0.3) is 0 Å². The lowest BCUT2D eigenvalue weighted by Crippen LogP contribution is -2.32. The number of hydrazone groups is 1. The van der Waals surface area contributed by atoms with E-state index in [1.54, 1.807) is 24.3 Å². The molecular formula is C16H13Cl2N3O4. The number of carbonyl (C=O) groups is 2. The van der Waals surface area contributed by atoms with Gasteiger partial charge in [-0.1, -0.05) is 35.3 Å². The summed E-state index contributed by atoms with van der Waals surface area (Å²) in [6.45, 7) is 0. The molecule has 25 heavy (non-hydrogen) atoms. The summed E-state index contributed by atoms with van der Waals surface area (Å²) in [5.74, 6) is -1.72. The molecular weight excluding hydrogens is 369 g/mol. The molecule has 0 aromatic heterocycles. The Morgan fingerprint density at radius 3 is 2.44 bits per heavy atom. The average molecular weight is 382 g/mol. The van der Waals surface area contributed by atoms with E-state index >= 15 is 0 Å². The van der Waals surface area contributed by atoms with Gasteiger partial charge in [0, 0.05) is 0 Å². The van der Waals surface area contributed by atoms with E-state index in [-0.39, 0.29) is 15.8 Å². The number of nitrogens with zero attached hydrogens (tertiary/aromatic N) is 1. The van der Waals surface area contributed by atoms with Gasteiger partial charge in [0.05, 0.1) is 29.1 Å². The van der Waals surface area contributed by atoms with E-state index in [9.17, 15) is 14.7 Å². The maximum atomic E-state index is 11.8.